The Kier molecular flexibility index (Phi) is 8.70. The fourth-order valence-electron chi connectivity index (χ4n) is 2.56. The van der Waals surface area contributed by atoms with Gasteiger partial charge in [-0.1, -0.05) is 0 Å². The van der Waals surface area contributed by atoms with E-state index in [2.05, 4.69) is 5.32 Å². The summed E-state index contributed by atoms with van der Waals surface area (Å²) in [6.07, 6.45) is -5.67. The molecule has 1 aromatic rings. The number of anilines is 1. The van der Waals surface area contributed by atoms with Gasteiger partial charge in [-0.2, -0.15) is 13.2 Å². The molecule has 1 atom stereocenters. The van der Waals surface area contributed by atoms with Crippen molar-refractivity contribution in [2.24, 2.45) is 0 Å². The van der Waals surface area contributed by atoms with Crippen LogP contribution in [0.4, 0.5) is 18.9 Å². The normalized spacial score (nSPS) is 13.2. The van der Waals surface area contributed by atoms with E-state index in [1.165, 1.54) is 20.8 Å². The molecule has 164 valence electrons. The molecule has 6 nitrogen and oxygen atoms in total. The Morgan fingerprint density at radius 2 is 1.69 bits per heavy atom. The van der Waals surface area contributed by atoms with Gasteiger partial charge >= 0.3 is 12.1 Å². The van der Waals surface area contributed by atoms with Crippen LogP contribution >= 0.6 is 0 Å². The van der Waals surface area contributed by atoms with Gasteiger partial charge in [0.2, 0.25) is 5.91 Å². The number of nitrogens with zero attached hydrogens (tertiary/aromatic N) is 1. The number of ether oxygens (including phenoxy) is 1. The van der Waals surface area contributed by atoms with Crippen molar-refractivity contribution in [1.82, 2.24) is 4.90 Å². The Balaban J connectivity index is 2.89. The van der Waals surface area contributed by atoms with Crippen molar-refractivity contribution in [3.8, 4) is 5.75 Å². The lowest BCUT2D eigenvalue weighted by Crippen LogP contribution is -2.51. The topological polar surface area (TPSA) is 67.9 Å². The van der Waals surface area contributed by atoms with Gasteiger partial charge in [-0.05, 0) is 57.8 Å². The number of carbonyl (C=O) groups excluding carboxylic acids is 2. The van der Waals surface area contributed by atoms with Crippen molar-refractivity contribution in [2.75, 3.05) is 18.5 Å². The zero-order valence-corrected chi connectivity index (χ0v) is 18.6. The van der Waals surface area contributed by atoms with Gasteiger partial charge in [0.15, 0.2) is 8.32 Å². The molecule has 0 bridgehead atoms. The van der Waals surface area contributed by atoms with Gasteiger partial charge in [0.1, 0.15) is 12.4 Å². The van der Waals surface area contributed by atoms with E-state index in [-0.39, 0.29) is 19.1 Å². The van der Waals surface area contributed by atoms with Crippen molar-refractivity contribution in [1.29, 1.82) is 0 Å². The van der Waals surface area contributed by atoms with Crippen LogP contribution in [0.1, 0.15) is 20.8 Å². The number of rotatable bonds is 9. The molecule has 1 unspecified atom stereocenters. The van der Waals surface area contributed by atoms with E-state index in [0.29, 0.717) is 11.4 Å². The predicted molar refractivity (Wildman–Crippen MR) is 107 cm³/mol. The third-order valence-electron chi connectivity index (χ3n) is 3.66. The molecule has 0 aliphatic carbocycles. The van der Waals surface area contributed by atoms with E-state index in [9.17, 15) is 22.8 Å². The van der Waals surface area contributed by atoms with E-state index in [1.807, 2.05) is 19.6 Å². The second-order valence-corrected chi connectivity index (χ2v) is 12.4. The molecular weight excluding hydrogens is 405 g/mol. The highest BCUT2D eigenvalue weighted by Gasteiger charge is 2.44. The number of hydrogen-bond donors (Lipinski definition) is 1. The number of halogens is 3. The molecule has 0 saturated carbocycles. The predicted octanol–water partition coefficient (Wildman–Crippen LogP) is 4.04. The summed E-state index contributed by atoms with van der Waals surface area (Å²) in [5.74, 6) is -1.62. The maximum absolute atomic E-state index is 12.9. The van der Waals surface area contributed by atoms with Crippen LogP contribution in [0.5, 0.6) is 5.75 Å². The molecule has 2 amide bonds. The van der Waals surface area contributed by atoms with Gasteiger partial charge in [-0.15, -0.1) is 0 Å². The van der Waals surface area contributed by atoms with Crippen LogP contribution < -0.4 is 10.1 Å². The Labute approximate surface area is 170 Å². The average molecular weight is 435 g/mol. The molecule has 1 rings (SSSR count). The lowest BCUT2D eigenvalue weighted by molar-refractivity contribution is -0.188. The fraction of sp³-hybridized carbons (Fsp3) is 0.579. The minimum absolute atomic E-state index is 0.0158. The third kappa shape index (κ3) is 9.31. The zero-order chi connectivity index (χ0) is 22.4. The average Bonchev–Trinajstić information content (AvgIpc) is 2.55. The number of nitrogens with one attached hydrogen (secondary N) is 1. The number of amides is 2. The van der Waals surface area contributed by atoms with Crippen molar-refractivity contribution in [2.45, 2.75) is 58.7 Å². The van der Waals surface area contributed by atoms with E-state index < -0.39 is 32.5 Å². The molecule has 0 saturated heterocycles. The number of benzene rings is 1. The van der Waals surface area contributed by atoms with Crippen LogP contribution in [0, 0.1) is 0 Å². The summed E-state index contributed by atoms with van der Waals surface area (Å²) in [6.45, 7) is 9.93. The molecule has 0 aromatic heterocycles. The van der Waals surface area contributed by atoms with Crippen LogP contribution in [0.15, 0.2) is 24.3 Å². The Morgan fingerprint density at radius 1 is 1.14 bits per heavy atom. The highest BCUT2D eigenvalue weighted by molar-refractivity contribution is 6.69. The molecule has 1 aromatic carbocycles. The minimum Gasteiger partial charge on any atom is -0.491 e. The first kappa shape index (κ1) is 25.0. The first-order valence-electron chi connectivity index (χ1n) is 9.25. The number of carbonyl (C=O) groups is 2. The quantitative estimate of drug-likeness (QED) is 0.596. The molecule has 0 spiro atoms. The minimum atomic E-state index is -4.95. The lowest BCUT2D eigenvalue weighted by atomic mass is 10.2. The lowest BCUT2D eigenvalue weighted by Gasteiger charge is -2.34. The monoisotopic (exact) mass is 434 g/mol. The SMILES string of the molecule is CC(=O)Nc1ccc(OCC(CN(C(=O)C(F)(F)F)C(C)C)O[Si](C)(C)C)cc1. The van der Waals surface area contributed by atoms with Gasteiger partial charge in [-0.3, -0.25) is 9.59 Å². The van der Waals surface area contributed by atoms with Crippen LogP contribution in [-0.2, 0) is 14.0 Å². The first-order chi connectivity index (χ1) is 13.2. The van der Waals surface area contributed by atoms with E-state index in [0.717, 1.165) is 4.90 Å². The van der Waals surface area contributed by atoms with Crippen molar-refractivity contribution < 1.29 is 31.9 Å². The summed E-state index contributed by atoms with van der Waals surface area (Å²) in [5.41, 5.74) is 0.599. The van der Waals surface area contributed by atoms with Crippen LogP contribution in [0.25, 0.3) is 0 Å². The van der Waals surface area contributed by atoms with Gasteiger partial charge in [0.25, 0.3) is 0 Å². The Morgan fingerprint density at radius 3 is 2.10 bits per heavy atom. The Bertz CT molecular complexity index is 688. The molecule has 0 aliphatic heterocycles. The molecule has 0 aliphatic rings. The van der Waals surface area contributed by atoms with E-state index in [4.69, 9.17) is 9.16 Å². The molecule has 0 fully saturated rings. The van der Waals surface area contributed by atoms with Gasteiger partial charge in [0.05, 0.1) is 6.10 Å². The van der Waals surface area contributed by atoms with E-state index in [1.54, 1.807) is 24.3 Å². The largest absolute Gasteiger partial charge is 0.491 e. The third-order valence-corrected chi connectivity index (χ3v) is 4.70. The Hall–Kier alpha value is -2.07. The summed E-state index contributed by atoms with van der Waals surface area (Å²) in [4.78, 5) is 23.6. The van der Waals surface area contributed by atoms with Crippen molar-refractivity contribution >= 4 is 25.8 Å². The fourth-order valence-corrected chi connectivity index (χ4v) is 3.70. The summed E-state index contributed by atoms with van der Waals surface area (Å²) in [7, 11) is -2.11. The van der Waals surface area contributed by atoms with E-state index >= 15 is 0 Å². The molecule has 10 heteroatoms. The summed E-state index contributed by atoms with van der Waals surface area (Å²) in [6, 6.07) is 5.93. The first-order valence-corrected chi connectivity index (χ1v) is 12.7. The van der Waals surface area contributed by atoms with Gasteiger partial charge < -0.3 is 19.4 Å². The zero-order valence-electron chi connectivity index (χ0n) is 17.6. The van der Waals surface area contributed by atoms with Crippen molar-refractivity contribution in [3.05, 3.63) is 24.3 Å². The number of hydrogen-bond acceptors (Lipinski definition) is 4. The maximum atomic E-state index is 12.9. The summed E-state index contributed by atoms with van der Waals surface area (Å²) < 4.78 is 50.5. The van der Waals surface area contributed by atoms with Crippen molar-refractivity contribution in [3.63, 3.8) is 0 Å². The van der Waals surface area contributed by atoms with Crippen LogP contribution in [-0.4, -0.2) is 56.5 Å². The van der Waals surface area contributed by atoms with Gasteiger partial charge in [-0.25, -0.2) is 0 Å². The second-order valence-electron chi connectivity index (χ2n) is 7.92. The molecular formula is C19H29F3N2O4Si. The van der Waals surface area contributed by atoms with Crippen LogP contribution in [0.3, 0.4) is 0 Å². The highest BCUT2D eigenvalue weighted by atomic mass is 28.4. The molecule has 0 heterocycles. The van der Waals surface area contributed by atoms with Gasteiger partial charge in [0, 0.05) is 25.2 Å². The maximum Gasteiger partial charge on any atom is 0.471 e. The second kappa shape index (κ2) is 10.1. The highest BCUT2D eigenvalue weighted by Crippen LogP contribution is 2.22. The molecule has 1 N–H and O–H groups in total. The number of alkyl halides is 3. The van der Waals surface area contributed by atoms with Crippen LogP contribution in [0.2, 0.25) is 19.6 Å². The summed E-state index contributed by atoms with van der Waals surface area (Å²) in [5, 5.41) is 2.63. The summed E-state index contributed by atoms with van der Waals surface area (Å²) >= 11 is 0. The smallest absolute Gasteiger partial charge is 0.471 e. The molecule has 0 radical (unpaired) electrons. The molecule has 29 heavy (non-hydrogen) atoms. The standard InChI is InChI=1S/C19H29F3N2O4Si/c1-13(2)24(18(26)19(20,21)22)11-17(28-29(4,5)6)12-27-16-9-7-15(8-10-16)23-14(3)25/h7-10,13,17H,11-12H2,1-6H3,(H,23,25).